The molecule has 0 saturated heterocycles. The highest BCUT2D eigenvalue weighted by Crippen LogP contribution is 2.27. The van der Waals surface area contributed by atoms with Gasteiger partial charge in [0, 0.05) is 11.4 Å². The molecule has 0 radical (unpaired) electrons. The molecule has 2 rings (SSSR count). The van der Waals surface area contributed by atoms with Gasteiger partial charge in [-0.2, -0.15) is 0 Å². The van der Waals surface area contributed by atoms with Crippen molar-refractivity contribution in [2.45, 2.75) is 13.0 Å². The number of nitrogens with one attached hydrogen (secondary N) is 2. The molecule has 0 fully saturated rings. The van der Waals surface area contributed by atoms with Gasteiger partial charge in [-0.05, 0) is 24.6 Å². The molecule has 0 bridgehead atoms. The van der Waals surface area contributed by atoms with Crippen LogP contribution in [0, 0.1) is 0 Å². The first-order chi connectivity index (χ1) is 8.49. The van der Waals surface area contributed by atoms with Crippen molar-refractivity contribution < 1.29 is 14.7 Å². The minimum absolute atomic E-state index is 0.111. The molecular formula is C12H13N3O3. The normalized spacial score (nSPS) is 19.2. The lowest BCUT2D eigenvalue weighted by molar-refractivity contribution is -0.133. The van der Waals surface area contributed by atoms with E-state index in [0.29, 0.717) is 16.9 Å². The summed E-state index contributed by atoms with van der Waals surface area (Å²) in [6.07, 6.45) is 0. The first-order valence-electron chi connectivity index (χ1n) is 5.36. The molecule has 1 aromatic carbocycles. The van der Waals surface area contributed by atoms with Crippen LogP contribution in [-0.2, 0) is 4.79 Å². The largest absolute Gasteiger partial charge is 0.478 e. The molecule has 1 aliphatic rings. The van der Waals surface area contributed by atoms with E-state index < -0.39 is 18.0 Å². The van der Waals surface area contributed by atoms with Crippen molar-refractivity contribution in [3.05, 3.63) is 41.1 Å². The Kier molecular flexibility index (Phi) is 2.93. The Morgan fingerprint density at radius 1 is 1.44 bits per heavy atom. The highest BCUT2D eigenvalue weighted by atomic mass is 16.4. The van der Waals surface area contributed by atoms with Crippen molar-refractivity contribution in [2.24, 2.45) is 0 Å². The summed E-state index contributed by atoms with van der Waals surface area (Å²) < 4.78 is 0. The number of benzene rings is 1. The van der Waals surface area contributed by atoms with E-state index in [4.69, 9.17) is 5.73 Å². The maximum Gasteiger partial charge on any atom is 0.335 e. The quantitative estimate of drug-likeness (QED) is 0.585. The smallest absolute Gasteiger partial charge is 0.335 e. The van der Waals surface area contributed by atoms with Crippen molar-refractivity contribution in [1.29, 1.82) is 0 Å². The second-order valence-electron chi connectivity index (χ2n) is 4.05. The van der Waals surface area contributed by atoms with E-state index in [1.54, 1.807) is 31.2 Å². The van der Waals surface area contributed by atoms with Gasteiger partial charge in [0.1, 0.15) is 0 Å². The number of nitrogens with two attached hydrogens (primary N) is 1. The third-order valence-corrected chi connectivity index (χ3v) is 2.74. The number of nitrogen functional groups attached to an aromatic ring is 1. The lowest BCUT2D eigenvalue weighted by Crippen LogP contribution is -2.45. The molecule has 18 heavy (non-hydrogen) atoms. The van der Waals surface area contributed by atoms with E-state index in [2.05, 4.69) is 10.6 Å². The number of rotatable bonds is 2. The summed E-state index contributed by atoms with van der Waals surface area (Å²) >= 11 is 0. The van der Waals surface area contributed by atoms with Crippen LogP contribution in [0.25, 0.3) is 0 Å². The van der Waals surface area contributed by atoms with Crippen LogP contribution in [0.4, 0.5) is 10.5 Å². The molecule has 0 aliphatic carbocycles. The van der Waals surface area contributed by atoms with Gasteiger partial charge >= 0.3 is 12.0 Å². The van der Waals surface area contributed by atoms with Gasteiger partial charge < -0.3 is 21.5 Å². The van der Waals surface area contributed by atoms with Gasteiger partial charge in [0.15, 0.2) is 0 Å². The lowest BCUT2D eigenvalue weighted by Gasteiger charge is -2.27. The number of carbonyl (C=O) groups excluding carboxylic acids is 1. The Labute approximate surface area is 103 Å². The van der Waals surface area contributed by atoms with Crippen molar-refractivity contribution in [3.63, 3.8) is 0 Å². The molecule has 1 atom stereocenters. The fraction of sp³-hybridized carbons (Fsp3) is 0.167. The second kappa shape index (κ2) is 4.40. The Hall–Kier alpha value is -2.50. The first-order valence-corrected chi connectivity index (χ1v) is 5.36. The van der Waals surface area contributed by atoms with Crippen molar-refractivity contribution in [2.75, 3.05) is 5.73 Å². The van der Waals surface area contributed by atoms with E-state index >= 15 is 0 Å². The maximum absolute atomic E-state index is 11.4. The molecule has 0 saturated carbocycles. The summed E-state index contributed by atoms with van der Waals surface area (Å²) in [6, 6.07) is 5.66. The van der Waals surface area contributed by atoms with Crippen LogP contribution < -0.4 is 16.4 Å². The van der Waals surface area contributed by atoms with Gasteiger partial charge in [0.25, 0.3) is 0 Å². The van der Waals surface area contributed by atoms with E-state index in [1.165, 1.54) is 0 Å². The molecule has 5 N–H and O–H groups in total. The molecule has 6 nitrogen and oxygen atoms in total. The maximum atomic E-state index is 11.4. The fourth-order valence-electron chi connectivity index (χ4n) is 1.97. The Bertz CT molecular complexity index is 551. The first kappa shape index (κ1) is 12.0. The van der Waals surface area contributed by atoms with Crippen LogP contribution in [0.3, 0.4) is 0 Å². The number of carbonyl (C=O) groups is 2. The van der Waals surface area contributed by atoms with E-state index in [1.807, 2.05) is 0 Å². The summed E-state index contributed by atoms with van der Waals surface area (Å²) in [4.78, 5) is 22.7. The third-order valence-electron chi connectivity index (χ3n) is 2.74. The molecule has 1 aliphatic heterocycles. The lowest BCUT2D eigenvalue weighted by atomic mass is 9.95. The summed E-state index contributed by atoms with van der Waals surface area (Å²) in [5.41, 5.74) is 7.26. The molecule has 6 heteroatoms. The summed E-state index contributed by atoms with van der Waals surface area (Å²) in [5.74, 6) is -1.08. The van der Waals surface area contributed by atoms with Gasteiger partial charge in [-0.15, -0.1) is 0 Å². The van der Waals surface area contributed by atoms with Crippen LogP contribution in [0.15, 0.2) is 35.5 Å². The predicted octanol–water partition coefficient (Wildman–Crippen LogP) is 0.981. The van der Waals surface area contributed by atoms with Gasteiger partial charge in [-0.3, -0.25) is 0 Å². The minimum atomic E-state index is -1.08. The van der Waals surface area contributed by atoms with Crippen LogP contribution in [0.1, 0.15) is 18.5 Å². The highest BCUT2D eigenvalue weighted by Gasteiger charge is 2.30. The monoisotopic (exact) mass is 247 g/mol. The second-order valence-corrected chi connectivity index (χ2v) is 4.05. The zero-order chi connectivity index (χ0) is 13.3. The van der Waals surface area contributed by atoms with Crippen molar-refractivity contribution in [3.8, 4) is 0 Å². The average molecular weight is 247 g/mol. The van der Waals surface area contributed by atoms with Gasteiger partial charge in [-0.1, -0.05) is 12.1 Å². The topological polar surface area (TPSA) is 104 Å². The number of anilines is 1. The number of carboxylic acids is 1. The zero-order valence-electron chi connectivity index (χ0n) is 9.73. The third kappa shape index (κ3) is 2.13. The Morgan fingerprint density at radius 2 is 2.17 bits per heavy atom. The molecule has 1 heterocycles. The number of hydrogen-bond donors (Lipinski definition) is 4. The van der Waals surface area contributed by atoms with E-state index in [0.717, 1.165) is 0 Å². The summed E-state index contributed by atoms with van der Waals surface area (Å²) in [5, 5.41) is 14.2. The molecule has 2 amide bonds. The number of allylic oxidation sites excluding steroid dienone is 1. The number of hydrogen-bond acceptors (Lipinski definition) is 3. The standard InChI is InChI=1S/C12H13N3O3/c1-6-9(11(16)17)10(15-12(18)14-6)7-3-2-4-8(13)5-7/h2-5,10H,13H2,1H3,(H,16,17)(H2,14,15,18). The zero-order valence-corrected chi connectivity index (χ0v) is 9.73. The van der Waals surface area contributed by atoms with Gasteiger partial charge in [-0.25, -0.2) is 9.59 Å². The van der Waals surface area contributed by atoms with Gasteiger partial charge in [0.2, 0.25) is 0 Å². The van der Waals surface area contributed by atoms with Crippen LogP contribution in [0.5, 0.6) is 0 Å². The number of urea groups is 1. The Balaban J connectivity index is 2.50. The average Bonchev–Trinajstić information content (AvgIpc) is 2.27. The van der Waals surface area contributed by atoms with Crippen molar-refractivity contribution >= 4 is 17.7 Å². The SMILES string of the molecule is CC1=C(C(=O)O)C(c2cccc(N)c2)NC(=O)N1. The summed E-state index contributed by atoms with van der Waals surface area (Å²) in [7, 11) is 0. The molecule has 94 valence electrons. The minimum Gasteiger partial charge on any atom is -0.478 e. The van der Waals surface area contributed by atoms with E-state index in [9.17, 15) is 14.7 Å². The molecule has 0 spiro atoms. The Morgan fingerprint density at radius 3 is 2.78 bits per heavy atom. The van der Waals surface area contributed by atoms with Crippen LogP contribution in [-0.4, -0.2) is 17.1 Å². The van der Waals surface area contributed by atoms with E-state index in [-0.39, 0.29) is 5.57 Å². The molecule has 0 aromatic heterocycles. The summed E-state index contributed by atoms with van der Waals surface area (Å²) in [6.45, 7) is 1.56. The van der Waals surface area contributed by atoms with Crippen LogP contribution >= 0.6 is 0 Å². The number of carboxylic acid groups (broad SMARTS) is 1. The molecular weight excluding hydrogens is 234 g/mol. The highest BCUT2D eigenvalue weighted by molar-refractivity contribution is 5.93. The fourth-order valence-corrected chi connectivity index (χ4v) is 1.97. The number of aliphatic carboxylic acids is 1. The van der Waals surface area contributed by atoms with Crippen LogP contribution in [0.2, 0.25) is 0 Å². The number of amides is 2. The van der Waals surface area contributed by atoms with Crippen molar-refractivity contribution in [1.82, 2.24) is 10.6 Å². The van der Waals surface area contributed by atoms with Gasteiger partial charge in [0.05, 0.1) is 11.6 Å². The predicted molar refractivity (Wildman–Crippen MR) is 65.6 cm³/mol. The molecule has 1 unspecified atom stereocenters. The molecule has 1 aromatic rings.